The quantitative estimate of drug-likeness (QED) is 0.0975. The molecule has 384 valence electrons. The van der Waals surface area contributed by atoms with Crippen molar-refractivity contribution >= 4 is 60.0 Å². The van der Waals surface area contributed by atoms with Crippen LogP contribution in [-0.4, -0.2) is 82.7 Å². The van der Waals surface area contributed by atoms with Gasteiger partial charge in [0.2, 0.25) is 21.8 Å². The fourth-order valence-electron chi connectivity index (χ4n) is 9.27. The minimum atomic E-state index is -5.20. The first kappa shape index (κ1) is 52.0. The zero-order chi connectivity index (χ0) is 52.3. The minimum absolute atomic E-state index is 0.0337. The highest BCUT2D eigenvalue weighted by Gasteiger charge is 2.68. The van der Waals surface area contributed by atoms with Gasteiger partial charge >= 0.3 is 12.4 Å². The van der Waals surface area contributed by atoms with E-state index in [0.717, 1.165) is 24.5 Å². The Bertz CT molecular complexity index is 3210. The van der Waals surface area contributed by atoms with Crippen LogP contribution in [0.15, 0.2) is 42.5 Å². The third-order valence-corrected chi connectivity index (χ3v) is 16.7. The van der Waals surface area contributed by atoms with E-state index >= 15 is 8.78 Å². The predicted molar refractivity (Wildman–Crippen MR) is 237 cm³/mol. The molecule has 2 aromatic carbocycles. The van der Waals surface area contributed by atoms with Gasteiger partial charge in [-0.25, -0.2) is 25.6 Å². The molecule has 8 rings (SSSR count). The Morgan fingerprint density at radius 1 is 0.930 bits per heavy atom. The van der Waals surface area contributed by atoms with Crippen molar-refractivity contribution in [1.29, 1.82) is 0 Å². The topological polar surface area (TPSA) is 192 Å². The van der Waals surface area contributed by atoms with Crippen LogP contribution in [0.5, 0.6) is 0 Å². The number of rotatable bonds is 15. The smallest absolute Gasteiger partial charge is 0.346 e. The van der Waals surface area contributed by atoms with E-state index in [1.165, 1.54) is 32.0 Å². The lowest BCUT2D eigenvalue weighted by Gasteiger charge is -2.34. The maximum atomic E-state index is 15.6. The van der Waals surface area contributed by atoms with Gasteiger partial charge in [0.15, 0.2) is 21.3 Å². The van der Waals surface area contributed by atoms with Crippen molar-refractivity contribution < 1.29 is 70.3 Å². The molecule has 0 spiro atoms. The van der Waals surface area contributed by atoms with Crippen molar-refractivity contribution in [2.24, 2.45) is 17.6 Å². The molecule has 3 heterocycles. The number of carbonyl (C=O) groups is 2. The van der Waals surface area contributed by atoms with E-state index in [0.29, 0.717) is 17.0 Å². The number of carbonyl (C=O) groups excluding carboxylic acids is 2. The first-order chi connectivity index (χ1) is 32.7. The summed E-state index contributed by atoms with van der Waals surface area (Å²) in [6.45, 7) is -0.332. The number of aryl methyl sites for hydroxylation is 1. The van der Waals surface area contributed by atoms with Crippen LogP contribution in [-0.2, 0) is 67.5 Å². The molecule has 3 atom stereocenters. The number of hydrogen-bond donors (Lipinski definition) is 2. The number of pyridine rings is 1. The van der Waals surface area contributed by atoms with E-state index in [2.05, 4.69) is 15.5 Å². The number of halogens is 11. The lowest BCUT2D eigenvalue weighted by Crippen LogP contribution is -2.48. The number of anilines is 1. The fraction of sp³-hybridized carbons (Fsp3) is 0.477. The molecule has 2 saturated carbocycles. The summed E-state index contributed by atoms with van der Waals surface area (Å²) in [4.78, 5) is 32.8. The highest BCUT2D eigenvalue weighted by atomic mass is 35.5. The second kappa shape index (κ2) is 17.7. The average molecular weight is 1070 g/mol. The largest absolute Gasteiger partial charge is 0.435 e. The number of alkyl halides is 8. The van der Waals surface area contributed by atoms with Crippen LogP contribution in [0, 0.1) is 23.5 Å². The van der Waals surface area contributed by atoms with Gasteiger partial charge in [0, 0.05) is 52.6 Å². The van der Waals surface area contributed by atoms with Crippen LogP contribution in [0.25, 0.3) is 22.0 Å². The summed E-state index contributed by atoms with van der Waals surface area (Å²) in [6, 6.07) is 4.95. The van der Waals surface area contributed by atoms with Gasteiger partial charge in [0.05, 0.1) is 38.7 Å². The second-order valence-electron chi connectivity index (χ2n) is 18.9. The molecule has 1 unspecified atom stereocenters. The third-order valence-electron chi connectivity index (χ3n) is 13.2. The number of hydrogen-bond acceptors (Lipinski definition) is 10. The maximum Gasteiger partial charge on any atom is 0.435 e. The Hall–Kier alpha value is -5.34. The molecule has 3 aliphatic rings. The Labute approximate surface area is 403 Å². The number of fused-ring (bicyclic) bond motifs is 4. The molecule has 27 heteroatoms. The van der Waals surface area contributed by atoms with E-state index in [1.807, 2.05) is 0 Å². The molecule has 0 bridgehead atoms. The first-order valence-corrected chi connectivity index (χ1v) is 25.8. The molecular weight excluding hydrogens is 1030 g/mol. The van der Waals surface area contributed by atoms with E-state index in [-0.39, 0.29) is 69.2 Å². The number of nitrogens with two attached hydrogens (primary N) is 1. The number of aromatic nitrogens is 5. The van der Waals surface area contributed by atoms with E-state index in [4.69, 9.17) is 22.3 Å². The van der Waals surface area contributed by atoms with Crippen LogP contribution in [0.2, 0.25) is 5.02 Å². The summed E-state index contributed by atoms with van der Waals surface area (Å²) in [5.74, 6) is -12.8. The van der Waals surface area contributed by atoms with Gasteiger partial charge in [0.1, 0.15) is 30.4 Å². The fourth-order valence-corrected chi connectivity index (χ4v) is 10.9. The predicted octanol–water partition coefficient (Wildman–Crippen LogP) is 7.90. The van der Waals surface area contributed by atoms with Crippen LogP contribution in [0.1, 0.15) is 85.4 Å². The molecular formula is C44H43ClF10N8O6S2. The molecule has 5 aromatic rings. The molecule has 3 aliphatic carbocycles. The molecule has 14 nitrogen and oxygen atoms in total. The van der Waals surface area contributed by atoms with Crippen LogP contribution >= 0.6 is 11.6 Å². The lowest BCUT2D eigenvalue weighted by atomic mass is 9.80. The SMILES string of the molecule is CC(C)(CCc1ccc(-c2ccc(Cl)c3c(N(C(=O)C4CC(N)C4)S(C)(=O)=O)nn(CC(F)(F)F)c23)c([C@H](Cc2cc(F)cc(F)c2)NC(=O)Cn2nc(C(F)(F)F)c3c2C(F)(F)C2C[C@H]32)n1)S(C)(=O)=O. The number of sulfonamides is 1. The number of benzene rings is 2. The lowest BCUT2D eigenvalue weighted by molar-refractivity contribution is -0.143. The summed E-state index contributed by atoms with van der Waals surface area (Å²) in [6.07, 6.45) is -9.73. The zero-order valence-corrected chi connectivity index (χ0v) is 40.2. The Kier molecular flexibility index (Phi) is 13.0. The molecule has 71 heavy (non-hydrogen) atoms. The minimum Gasteiger partial charge on any atom is -0.346 e. The molecule has 0 aliphatic heterocycles. The van der Waals surface area contributed by atoms with Crippen molar-refractivity contribution in [3.63, 3.8) is 0 Å². The van der Waals surface area contributed by atoms with Gasteiger partial charge in [-0.15, -0.1) is 0 Å². The number of amides is 2. The monoisotopic (exact) mass is 1070 g/mol. The van der Waals surface area contributed by atoms with E-state index < -0.39 is 154 Å². The molecule has 0 saturated heterocycles. The van der Waals surface area contributed by atoms with Crippen molar-refractivity contribution in [3.05, 3.63) is 93.0 Å². The van der Waals surface area contributed by atoms with Crippen LogP contribution in [0.3, 0.4) is 0 Å². The van der Waals surface area contributed by atoms with Crippen LogP contribution < -0.4 is 15.4 Å². The standard InChI is InChI=1S/C44H43ClF10N8O6S2/c1-41(2,70(3,66)67)10-9-25-5-6-26(27-7-8-30(45)34-36(27)62(19-42(48,49)50)60-39(34)63(71(4,68)69)40(65)21-14-24(56)15-21)35(57-25)31(13-20-11-22(46)16-23(47)12-20)58-32(64)18-61-38-33(37(59-61)44(53,54)55)28-17-29(28)43(38,51)52/h5-8,11-12,16,21,24,28-29,31H,9-10,13-15,17-19,56H2,1-4H3,(H,58,64)/t21?,24?,28-,29?,31-/m0/s1. The van der Waals surface area contributed by atoms with Crippen molar-refractivity contribution in [1.82, 2.24) is 29.9 Å². The van der Waals surface area contributed by atoms with Gasteiger partial charge in [-0.3, -0.25) is 23.9 Å². The van der Waals surface area contributed by atoms with Gasteiger partial charge in [-0.2, -0.15) is 49.6 Å². The summed E-state index contributed by atoms with van der Waals surface area (Å²) in [5.41, 5.74) is 0.896. The Morgan fingerprint density at radius 2 is 1.56 bits per heavy atom. The summed E-state index contributed by atoms with van der Waals surface area (Å²) < 4.78 is 199. The van der Waals surface area contributed by atoms with Crippen molar-refractivity contribution in [3.8, 4) is 11.1 Å². The third kappa shape index (κ3) is 10.1. The number of nitrogens with zero attached hydrogens (tertiary/aromatic N) is 6. The average Bonchev–Trinajstić information content (AvgIpc) is 3.73. The number of sulfone groups is 1. The van der Waals surface area contributed by atoms with Gasteiger partial charge < -0.3 is 11.1 Å². The Balaban J connectivity index is 1.34. The number of nitrogens with one attached hydrogen (secondary N) is 1. The maximum absolute atomic E-state index is 15.6. The molecule has 3 aromatic heterocycles. The first-order valence-electron chi connectivity index (χ1n) is 21.7. The molecule has 0 radical (unpaired) electrons. The van der Waals surface area contributed by atoms with Gasteiger partial charge in [0.25, 0.3) is 5.92 Å². The molecule has 2 fully saturated rings. The summed E-state index contributed by atoms with van der Waals surface area (Å²) in [7, 11) is -8.40. The van der Waals surface area contributed by atoms with Crippen molar-refractivity contribution in [2.45, 2.75) is 106 Å². The molecule has 3 N–H and O–H groups in total. The van der Waals surface area contributed by atoms with E-state index in [9.17, 15) is 61.5 Å². The summed E-state index contributed by atoms with van der Waals surface area (Å²) >= 11 is 6.68. The molecule has 2 amide bonds. The van der Waals surface area contributed by atoms with Crippen LogP contribution in [0.4, 0.5) is 49.7 Å². The Morgan fingerprint density at radius 3 is 2.14 bits per heavy atom. The highest BCUT2D eigenvalue weighted by molar-refractivity contribution is 7.93. The highest BCUT2D eigenvalue weighted by Crippen LogP contribution is 2.68. The second-order valence-corrected chi connectivity index (χ2v) is 23.8. The normalized spacial score (nSPS) is 20.3. The summed E-state index contributed by atoms with van der Waals surface area (Å²) in [5, 5.41) is 9.02. The van der Waals surface area contributed by atoms with E-state index in [1.54, 1.807) is 0 Å². The van der Waals surface area contributed by atoms with Crippen molar-refractivity contribution in [2.75, 3.05) is 16.8 Å². The van der Waals surface area contributed by atoms with Gasteiger partial charge in [-0.05, 0) is 88.1 Å². The van der Waals surface area contributed by atoms with Gasteiger partial charge in [-0.1, -0.05) is 23.7 Å². The zero-order valence-electron chi connectivity index (χ0n) is 37.8.